The van der Waals surface area contributed by atoms with Gasteiger partial charge < -0.3 is 19.9 Å². The molecule has 0 bridgehead atoms. The Bertz CT molecular complexity index is 1060. The average molecular weight is 452 g/mol. The van der Waals surface area contributed by atoms with E-state index in [9.17, 15) is 4.79 Å². The Balaban J connectivity index is 1.49. The molecule has 7 nitrogen and oxygen atoms in total. The molecule has 1 amide bonds. The summed E-state index contributed by atoms with van der Waals surface area (Å²) in [5.41, 5.74) is 2.76. The first-order chi connectivity index (χ1) is 15.6. The van der Waals surface area contributed by atoms with Gasteiger partial charge in [-0.1, -0.05) is 12.1 Å². The number of likely N-dealkylation sites (N-methyl/N-ethyl adjacent to an activating group) is 1. The van der Waals surface area contributed by atoms with Gasteiger partial charge in [0.25, 0.3) is 5.91 Å². The Morgan fingerprint density at radius 3 is 2.91 bits per heavy atom. The van der Waals surface area contributed by atoms with E-state index in [1.165, 1.54) is 11.2 Å². The standard InChI is InChI=1S/C24H29N5O2S/c1-17-13-19(31-21(8-9-25-2)22-5-4-12-32-22)7-6-18(17)15-29-11-10-28(3)23-20(24(29)30)14-26-16-27-23/h4-7,12-14,16,21,25H,8-11,15H2,1-3H3. The minimum atomic E-state index is -0.0329. The molecule has 1 atom stereocenters. The zero-order valence-electron chi connectivity index (χ0n) is 18.7. The van der Waals surface area contributed by atoms with Crippen LogP contribution in [0, 0.1) is 6.92 Å². The van der Waals surface area contributed by atoms with Crippen molar-refractivity contribution in [3.8, 4) is 5.75 Å². The fourth-order valence-corrected chi connectivity index (χ4v) is 4.66. The van der Waals surface area contributed by atoms with Gasteiger partial charge in [0.2, 0.25) is 0 Å². The second-order valence-corrected chi connectivity index (χ2v) is 8.99. The lowest BCUT2D eigenvalue weighted by Gasteiger charge is -2.23. The molecule has 3 heterocycles. The number of benzene rings is 1. The summed E-state index contributed by atoms with van der Waals surface area (Å²) in [5.74, 6) is 1.50. The molecule has 0 fully saturated rings. The van der Waals surface area contributed by atoms with Crippen LogP contribution in [0.1, 0.15) is 38.9 Å². The lowest BCUT2D eigenvalue weighted by Crippen LogP contribution is -2.33. The molecule has 2 aromatic heterocycles. The molecular weight excluding hydrogens is 422 g/mol. The van der Waals surface area contributed by atoms with Crippen molar-refractivity contribution in [1.82, 2.24) is 20.2 Å². The number of fused-ring (bicyclic) bond motifs is 1. The van der Waals surface area contributed by atoms with Crippen molar-refractivity contribution < 1.29 is 9.53 Å². The molecule has 0 aliphatic carbocycles. The fourth-order valence-electron chi connectivity index (χ4n) is 3.88. The maximum absolute atomic E-state index is 13.1. The van der Waals surface area contributed by atoms with Crippen molar-refractivity contribution in [3.63, 3.8) is 0 Å². The quantitative estimate of drug-likeness (QED) is 0.564. The van der Waals surface area contributed by atoms with Gasteiger partial charge >= 0.3 is 0 Å². The molecule has 1 aliphatic rings. The van der Waals surface area contributed by atoms with Crippen LogP contribution in [-0.2, 0) is 6.54 Å². The van der Waals surface area contributed by atoms with E-state index in [0.717, 1.165) is 36.4 Å². The molecule has 1 aliphatic heterocycles. The van der Waals surface area contributed by atoms with Gasteiger partial charge in [-0.15, -0.1) is 11.3 Å². The molecule has 168 valence electrons. The summed E-state index contributed by atoms with van der Waals surface area (Å²) in [6.07, 6.45) is 4.02. The highest BCUT2D eigenvalue weighted by atomic mass is 32.1. The molecular formula is C24H29N5O2S. The van der Waals surface area contributed by atoms with Gasteiger partial charge in [-0.3, -0.25) is 4.79 Å². The molecule has 1 aromatic carbocycles. The Morgan fingerprint density at radius 1 is 1.28 bits per heavy atom. The highest BCUT2D eigenvalue weighted by molar-refractivity contribution is 7.10. The van der Waals surface area contributed by atoms with Gasteiger partial charge in [-0.2, -0.15) is 0 Å². The monoisotopic (exact) mass is 451 g/mol. The molecule has 0 spiro atoms. The molecule has 1 unspecified atom stereocenters. The van der Waals surface area contributed by atoms with E-state index in [4.69, 9.17) is 4.74 Å². The summed E-state index contributed by atoms with van der Waals surface area (Å²) in [6.45, 7) is 4.86. The van der Waals surface area contributed by atoms with E-state index in [-0.39, 0.29) is 12.0 Å². The van der Waals surface area contributed by atoms with Crippen LogP contribution in [0.15, 0.2) is 48.2 Å². The maximum atomic E-state index is 13.1. The molecule has 3 aromatic rings. The number of thiophene rings is 1. The molecule has 0 radical (unpaired) electrons. The van der Waals surface area contributed by atoms with Crippen LogP contribution in [0.4, 0.5) is 5.82 Å². The van der Waals surface area contributed by atoms with Crippen molar-refractivity contribution in [2.24, 2.45) is 0 Å². The number of hydrogen-bond donors (Lipinski definition) is 1. The number of amides is 1. The van der Waals surface area contributed by atoms with Gasteiger partial charge in [0, 0.05) is 44.2 Å². The normalized spacial score (nSPS) is 14.8. The van der Waals surface area contributed by atoms with Crippen molar-refractivity contribution in [2.45, 2.75) is 26.0 Å². The van der Waals surface area contributed by atoms with Gasteiger partial charge in [-0.05, 0) is 55.2 Å². The molecule has 0 saturated heterocycles. The first kappa shape index (κ1) is 22.2. The topological polar surface area (TPSA) is 70.6 Å². The second-order valence-electron chi connectivity index (χ2n) is 8.01. The zero-order valence-corrected chi connectivity index (χ0v) is 19.6. The van der Waals surface area contributed by atoms with Crippen molar-refractivity contribution in [3.05, 3.63) is 69.8 Å². The Hall–Kier alpha value is -2.97. The SMILES string of the molecule is CNCCC(Oc1ccc(CN2CCN(C)c3ncncc3C2=O)c(C)c1)c1cccs1. The largest absolute Gasteiger partial charge is 0.485 e. The van der Waals surface area contributed by atoms with Crippen LogP contribution >= 0.6 is 11.3 Å². The Labute approximate surface area is 193 Å². The van der Waals surface area contributed by atoms with Crippen LogP contribution in [-0.4, -0.2) is 54.5 Å². The third-order valence-electron chi connectivity index (χ3n) is 5.75. The van der Waals surface area contributed by atoms with E-state index in [2.05, 4.69) is 51.9 Å². The number of nitrogens with one attached hydrogen (secondary N) is 1. The van der Waals surface area contributed by atoms with Gasteiger partial charge in [0.15, 0.2) is 0 Å². The fraction of sp³-hybridized carbons (Fsp3) is 0.375. The maximum Gasteiger partial charge on any atom is 0.259 e. The minimum absolute atomic E-state index is 0.0203. The van der Waals surface area contributed by atoms with Crippen LogP contribution in [0.25, 0.3) is 0 Å². The molecule has 0 saturated carbocycles. The van der Waals surface area contributed by atoms with Crippen LogP contribution < -0.4 is 15.0 Å². The Morgan fingerprint density at radius 2 is 2.16 bits per heavy atom. The predicted molar refractivity (Wildman–Crippen MR) is 127 cm³/mol. The van der Waals surface area contributed by atoms with Gasteiger partial charge in [-0.25, -0.2) is 9.97 Å². The van der Waals surface area contributed by atoms with E-state index >= 15 is 0 Å². The summed E-state index contributed by atoms with van der Waals surface area (Å²) in [7, 11) is 3.91. The summed E-state index contributed by atoms with van der Waals surface area (Å²) >= 11 is 1.72. The number of carbonyl (C=O) groups excluding carboxylic acids is 1. The average Bonchev–Trinajstić information content (AvgIpc) is 3.31. The number of hydrogen-bond acceptors (Lipinski definition) is 7. The lowest BCUT2D eigenvalue weighted by atomic mass is 10.1. The first-order valence-electron chi connectivity index (χ1n) is 10.8. The van der Waals surface area contributed by atoms with Crippen molar-refractivity contribution in [1.29, 1.82) is 0 Å². The highest BCUT2D eigenvalue weighted by Crippen LogP contribution is 2.30. The molecule has 1 N–H and O–H groups in total. The predicted octanol–water partition coefficient (Wildman–Crippen LogP) is 3.67. The van der Waals surface area contributed by atoms with Crippen LogP contribution in [0.5, 0.6) is 5.75 Å². The van der Waals surface area contributed by atoms with Gasteiger partial charge in [0.05, 0.1) is 0 Å². The van der Waals surface area contributed by atoms with Gasteiger partial charge in [0.1, 0.15) is 29.6 Å². The van der Waals surface area contributed by atoms with E-state index in [0.29, 0.717) is 24.5 Å². The van der Waals surface area contributed by atoms with Crippen LogP contribution in [0.2, 0.25) is 0 Å². The van der Waals surface area contributed by atoms with Crippen LogP contribution in [0.3, 0.4) is 0 Å². The number of nitrogens with zero attached hydrogens (tertiary/aromatic N) is 4. The number of aryl methyl sites for hydroxylation is 1. The summed E-state index contributed by atoms with van der Waals surface area (Å²) in [6, 6.07) is 10.3. The second kappa shape index (κ2) is 10.1. The lowest BCUT2D eigenvalue weighted by molar-refractivity contribution is 0.0754. The molecule has 32 heavy (non-hydrogen) atoms. The van der Waals surface area contributed by atoms with E-state index in [1.54, 1.807) is 17.5 Å². The number of carbonyl (C=O) groups is 1. The highest BCUT2D eigenvalue weighted by Gasteiger charge is 2.26. The number of rotatable bonds is 8. The minimum Gasteiger partial charge on any atom is -0.485 e. The van der Waals surface area contributed by atoms with E-state index in [1.807, 2.05) is 30.0 Å². The third-order valence-corrected chi connectivity index (χ3v) is 6.71. The number of aromatic nitrogens is 2. The first-order valence-corrected chi connectivity index (χ1v) is 11.7. The number of anilines is 1. The summed E-state index contributed by atoms with van der Waals surface area (Å²) in [4.78, 5) is 26.6. The molecule has 4 rings (SSSR count). The zero-order chi connectivity index (χ0) is 22.5. The van der Waals surface area contributed by atoms with Crippen molar-refractivity contribution in [2.75, 3.05) is 38.6 Å². The summed E-state index contributed by atoms with van der Waals surface area (Å²) in [5, 5.41) is 5.29. The Kier molecular flexibility index (Phi) is 7.02. The number of ether oxygens (including phenoxy) is 1. The third kappa shape index (κ3) is 4.92. The molecule has 8 heteroatoms. The van der Waals surface area contributed by atoms with Crippen molar-refractivity contribution >= 4 is 23.1 Å². The summed E-state index contributed by atoms with van der Waals surface area (Å²) < 4.78 is 6.36. The smallest absolute Gasteiger partial charge is 0.259 e. The van der Waals surface area contributed by atoms with E-state index < -0.39 is 0 Å².